The second-order valence-corrected chi connectivity index (χ2v) is 9.26. The van der Waals surface area contributed by atoms with Gasteiger partial charge in [-0.15, -0.1) is 11.3 Å². The highest BCUT2D eigenvalue weighted by molar-refractivity contribution is 7.10. The van der Waals surface area contributed by atoms with Gasteiger partial charge in [0.2, 0.25) is 11.8 Å². The van der Waals surface area contributed by atoms with Crippen LogP contribution in [0.4, 0.5) is 4.39 Å². The van der Waals surface area contributed by atoms with E-state index in [-0.39, 0.29) is 36.5 Å². The Balaban J connectivity index is 1.35. The van der Waals surface area contributed by atoms with Crippen LogP contribution in [0.2, 0.25) is 5.02 Å². The number of nitrogens with zero attached hydrogens (tertiary/aromatic N) is 1. The molecule has 2 amide bonds. The average molecular weight is 471 g/mol. The topological polar surface area (TPSA) is 49.4 Å². The summed E-state index contributed by atoms with van der Waals surface area (Å²) >= 11 is 7.78. The van der Waals surface area contributed by atoms with E-state index in [1.807, 2.05) is 35.2 Å². The zero-order valence-electron chi connectivity index (χ0n) is 17.5. The highest BCUT2D eigenvalue weighted by Gasteiger charge is 2.32. The van der Waals surface area contributed by atoms with Crippen LogP contribution in [0.25, 0.3) is 0 Å². The van der Waals surface area contributed by atoms with Gasteiger partial charge < -0.3 is 10.2 Å². The fraction of sp³-hybridized carbons (Fsp3) is 0.280. The van der Waals surface area contributed by atoms with E-state index < -0.39 is 0 Å². The number of rotatable bonds is 7. The van der Waals surface area contributed by atoms with Crippen LogP contribution in [0, 0.1) is 5.82 Å². The van der Waals surface area contributed by atoms with Gasteiger partial charge in [-0.3, -0.25) is 9.59 Å². The molecule has 2 heterocycles. The number of carbonyl (C=O) groups excluding carboxylic acids is 2. The molecule has 4 nitrogen and oxygen atoms in total. The summed E-state index contributed by atoms with van der Waals surface area (Å²) in [6.07, 6.45) is 1.64. The van der Waals surface area contributed by atoms with E-state index in [2.05, 4.69) is 16.8 Å². The van der Waals surface area contributed by atoms with Crippen molar-refractivity contribution in [3.8, 4) is 0 Å². The van der Waals surface area contributed by atoms with Crippen LogP contribution < -0.4 is 5.32 Å². The van der Waals surface area contributed by atoms with E-state index >= 15 is 0 Å². The molecule has 0 bridgehead atoms. The number of benzene rings is 2. The third kappa shape index (κ3) is 5.37. The molecule has 0 spiro atoms. The van der Waals surface area contributed by atoms with Crippen LogP contribution >= 0.6 is 22.9 Å². The molecule has 3 aromatic rings. The molecule has 1 aliphatic heterocycles. The molecule has 0 radical (unpaired) electrons. The smallest absolute Gasteiger partial charge is 0.223 e. The summed E-state index contributed by atoms with van der Waals surface area (Å²) in [5.74, 6) is -0.502. The van der Waals surface area contributed by atoms with E-state index in [9.17, 15) is 14.0 Å². The van der Waals surface area contributed by atoms with Gasteiger partial charge in [0.05, 0.1) is 6.04 Å². The van der Waals surface area contributed by atoms with Crippen LogP contribution in [0.1, 0.15) is 40.5 Å². The molecule has 0 fully saturated rings. The lowest BCUT2D eigenvalue weighted by molar-refractivity contribution is -0.135. The molecule has 2 aromatic carbocycles. The van der Waals surface area contributed by atoms with Crippen molar-refractivity contribution in [1.29, 1.82) is 0 Å². The van der Waals surface area contributed by atoms with Crippen molar-refractivity contribution in [2.24, 2.45) is 0 Å². The van der Waals surface area contributed by atoms with E-state index in [0.29, 0.717) is 24.5 Å². The van der Waals surface area contributed by atoms with Crippen molar-refractivity contribution >= 4 is 34.8 Å². The van der Waals surface area contributed by atoms with E-state index in [4.69, 9.17) is 11.6 Å². The van der Waals surface area contributed by atoms with E-state index in [1.165, 1.54) is 17.0 Å². The van der Waals surface area contributed by atoms with Gasteiger partial charge in [0, 0.05) is 35.8 Å². The number of halogens is 2. The van der Waals surface area contributed by atoms with Crippen molar-refractivity contribution in [2.45, 2.75) is 31.7 Å². The first kappa shape index (κ1) is 22.5. The average Bonchev–Trinajstić information content (AvgIpc) is 3.26. The Morgan fingerprint density at radius 3 is 2.72 bits per heavy atom. The SMILES string of the molecule is O=C(CCC(=O)N1CCc2sccc2C1c1ccc(Cl)cc1)NCCc1cccc(F)c1. The third-order valence-corrected chi connectivity index (χ3v) is 6.91. The first-order valence-electron chi connectivity index (χ1n) is 10.6. The number of amides is 2. The van der Waals surface area contributed by atoms with Crippen molar-refractivity contribution in [1.82, 2.24) is 10.2 Å². The Morgan fingerprint density at radius 1 is 1.12 bits per heavy atom. The maximum atomic E-state index is 13.2. The zero-order valence-corrected chi connectivity index (χ0v) is 19.1. The molecule has 0 saturated carbocycles. The third-order valence-electron chi connectivity index (χ3n) is 5.66. The minimum Gasteiger partial charge on any atom is -0.356 e. The normalized spacial score (nSPS) is 15.3. The Kier molecular flexibility index (Phi) is 7.22. The van der Waals surface area contributed by atoms with Crippen molar-refractivity contribution < 1.29 is 14.0 Å². The van der Waals surface area contributed by atoms with Crippen molar-refractivity contribution in [3.63, 3.8) is 0 Å². The van der Waals surface area contributed by atoms with Gasteiger partial charge >= 0.3 is 0 Å². The van der Waals surface area contributed by atoms with Gasteiger partial charge in [0.25, 0.3) is 0 Å². The summed E-state index contributed by atoms with van der Waals surface area (Å²) < 4.78 is 13.2. The Labute approximate surface area is 196 Å². The number of nitrogens with one attached hydrogen (secondary N) is 1. The van der Waals surface area contributed by atoms with Crippen molar-refractivity contribution in [3.05, 3.63) is 92.4 Å². The largest absolute Gasteiger partial charge is 0.356 e. The fourth-order valence-electron chi connectivity index (χ4n) is 4.08. The first-order chi connectivity index (χ1) is 15.5. The summed E-state index contributed by atoms with van der Waals surface area (Å²) in [6.45, 7) is 1.03. The van der Waals surface area contributed by atoms with Gasteiger partial charge in [-0.2, -0.15) is 0 Å². The minimum atomic E-state index is -0.287. The molecular formula is C25H24ClFN2O2S. The molecule has 32 heavy (non-hydrogen) atoms. The predicted molar refractivity (Wildman–Crippen MR) is 125 cm³/mol. The summed E-state index contributed by atoms with van der Waals surface area (Å²) in [5, 5.41) is 5.54. The number of carbonyl (C=O) groups is 2. The van der Waals surface area contributed by atoms with Gasteiger partial charge in [0.15, 0.2) is 0 Å². The molecule has 7 heteroatoms. The number of thiophene rings is 1. The van der Waals surface area contributed by atoms with E-state index in [1.54, 1.807) is 17.4 Å². The molecule has 1 aromatic heterocycles. The highest BCUT2D eigenvalue weighted by atomic mass is 35.5. The number of hydrogen-bond donors (Lipinski definition) is 1. The second-order valence-electron chi connectivity index (χ2n) is 7.82. The molecular weight excluding hydrogens is 447 g/mol. The van der Waals surface area contributed by atoms with Gasteiger partial charge in [-0.05, 0) is 65.2 Å². The van der Waals surface area contributed by atoms with Crippen LogP contribution in [0.5, 0.6) is 0 Å². The van der Waals surface area contributed by atoms with Crippen molar-refractivity contribution in [2.75, 3.05) is 13.1 Å². The van der Waals surface area contributed by atoms with Gasteiger partial charge in [-0.1, -0.05) is 35.9 Å². The number of hydrogen-bond acceptors (Lipinski definition) is 3. The molecule has 4 rings (SSSR count). The summed E-state index contributed by atoms with van der Waals surface area (Å²) in [6, 6.07) is 15.8. The molecule has 0 saturated heterocycles. The van der Waals surface area contributed by atoms with Crippen LogP contribution in [0.3, 0.4) is 0 Å². The Bertz CT molecular complexity index is 1100. The zero-order chi connectivity index (χ0) is 22.5. The lowest BCUT2D eigenvalue weighted by Gasteiger charge is -2.36. The fourth-order valence-corrected chi connectivity index (χ4v) is 5.11. The van der Waals surface area contributed by atoms with Crippen LogP contribution in [0.15, 0.2) is 60.0 Å². The quantitative estimate of drug-likeness (QED) is 0.519. The monoisotopic (exact) mass is 470 g/mol. The molecule has 1 atom stereocenters. The summed E-state index contributed by atoms with van der Waals surface area (Å²) in [5.41, 5.74) is 2.99. The highest BCUT2D eigenvalue weighted by Crippen LogP contribution is 2.38. The second kappa shape index (κ2) is 10.3. The predicted octanol–water partition coefficient (Wildman–Crippen LogP) is 5.15. The van der Waals surface area contributed by atoms with Gasteiger partial charge in [0.1, 0.15) is 5.82 Å². The number of fused-ring (bicyclic) bond motifs is 1. The maximum Gasteiger partial charge on any atom is 0.223 e. The molecule has 166 valence electrons. The molecule has 1 N–H and O–H groups in total. The maximum absolute atomic E-state index is 13.2. The lowest BCUT2D eigenvalue weighted by atomic mass is 9.93. The minimum absolute atomic E-state index is 0.0397. The Hall–Kier alpha value is -2.70. The van der Waals surface area contributed by atoms with E-state index in [0.717, 1.165) is 23.1 Å². The summed E-state index contributed by atoms with van der Waals surface area (Å²) in [4.78, 5) is 28.5. The Morgan fingerprint density at radius 2 is 1.94 bits per heavy atom. The van der Waals surface area contributed by atoms with Crippen LogP contribution in [-0.4, -0.2) is 29.8 Å². The lowest BCUT2D eigenvalue weighted by Crippen LogP contribution is -2.40. The van der Waals surface area contributed by atoms with Crippen LogP contribution in [-0.2, 0) is 22.4 Å². The molecule has 1 aliphatic rings. The first-order valence-corrected chi connectivity index (χ1v) is 11.9. The molecule has 1 unspecified atom stereocenters. The molecule has 0 aliphatic carbocycles. The van der Waals surface area contributed by atoms with Gasteiger partial charge in [-0.25, -0.2) is 4.39 Å². The summed E-state index contributed by atoms with van der Waals surface area (Å²) in [7, 11) is 0. The standard InChI is InChI=1S/C25H24ClFN2O2S/c26-19-6-4-18(5-7-19)25-21-12-15-32-22(21)11-14-29(25)24(31)9-8-23(30)28-13-10-17-2-1-3-20(27)16-17/h1-7,12,15-16,25H,8-11,13-14H2,(H,28,30).